The maximum absolute atomic E-state index is 5.31. The standard InChI is InChI=1S/C11H20N4O/c1-6-11(2,3)15-10-8(16-5)9(12-4)13-7-14-10/h7H,6H2,1-5H3,(H2,12,13,14,15). The Morgan fingerprint density at radius 1 is 1.31 bits per heavy atom. The fourth-order valence-corrected chi connectivity index (χ4v) is 1.24. The Kier molecular flexibility index (Phi) is 3.93. The molecule has 5 heteroatoms. The molecule has 0 unspecified atom stereocenters. The van der Waals surface area contributed by atoms with E-state index in [1.54, 1.807) is 14.2 Å². The summed E-state index contributed by atoms with van der Waals surface area (Å²) in [5.41, 5.74) is -0.0212. The van der Waals surface area contributed by atoms with E-state index in [1.807, 2.05) is 0 Å². The number of ether oxygens (including phenoxy) is 1. The van der Waals surface area contributed by atoms with Crippen LogP contribution in [0.4, 0.5) is 11.6 Å². The van der Waals surface area contributed by atoms with Gasteiger partial charge in [-0.05, 0) is 20.3 Å². The predicted molar refractivity (Wildman–Crippen MR) is 66.1 cm³/mol. The molecule has 0 fully saturated rings. The zero-order chi connectivity index (χ0) is 12.2. The maximum Gasteiger partial charge on any atom is 0.204 e. The van der Waals surface area contributed by atoms with Crippen LogP contribution < -0.4 is 15.4 Å². The van der Waals surface area contributed by atoms with E-state index in [-0.39, 0.29) is 5.54 Å². The molecule has 0 radical (unpaired) electrons. The molecule has 90 valence electrons. The normalized spacial score (nSPS) is 11.1. The highest BCUT2D eigenvalue weighted by atomic mass is 16.5. The first-order valence-electron chi connectivity index (χ1n) is 5.39. The fraction of sp³-hybridized carbons (Fsp3) is 0.636. The Hall–Kier alpha value is -1.52. The number of rotatable bonds is 5. The first-order valence-corrected chi connectivity index (χ1v) is 5.39. The molecular weight excluding hydrogens is 204 g/mol. The van der Waals surface area contributed by atoms with Gasteiger partial charge in [0.05, 0.1) is 7.11 Å². The van der Waals surface area contributed by atoms with Crippen molar-refractivity contribution in [2.45, 2.75) is 32.7 Å². The molecule has 0 saturated heterocycles. The highest BCUT2D eigenvalue weighted by Gasteiger charge is 2.19. The third-order valence-corrected chi connectivity index (χ3v) is 2.59. The zero-order valence-corrected chi connectivity index (χ0v) is 10.6. The Labute approximate surface area is 96.6 Å². The molecular formula is C11H20N4O. The zero-order valence-electron chi connectivity index (χ0n) is 10.6. The summed E-state index contributed by atoms with van der Waals surface area (Å²) in [6.45, 7) is 6.36. The minimum absolute atomic E-state index is 0.0212. The lowest BCUT2D eigenvalue weighted by Crippen LogP contribution is -2.30. The van der Waals surface area contributed by atoms with Crippen LogP contribution >= 0.6 is 0 Å². The summed E-state index contributed by atoms with van der Waals surface area (Å²) in [5, 5.41) is 6.32. The van der Waals surface area contributed by atoms with E-state index in [0.29, 0.717) is 17.4 Å². The Balaban J connectivity index is 3.04. The second-order valence-corrected chi connectivity index (χ2v) is 4.22. The van der Waals surface area contributed by atoms with Crippen molar-refractivity contribution < 1.29 is 4.74 Å². The third kappa shape index (κ3) is 2.74. The second-order valence-electron chi connectivity index (χ2n) is 4.22. The van der Waals surface area contributed by atoms with Crippen LogP contribution in [0.5, 0.6) is 5.75 Å². The van der Waals surface area contributed by atoms with Gasteiger partial charge in [-0.1, -0.05) is 6.92 Å². The van der Waals surface area contributed by atoms with E-state index in [0.717, 1.165) is 6.42 Å². The van der Waals surface area contributed by atoms with Crippen LogP contribution in [0, 0.1) is 0 Å². The quantitative estimate of drug-likeness (QED) is 0.802. The Bertz CT molecular complexity index is 352. The number of hydrogen-bond donors (Lipinski definition) is 2. The number of nitrogens with one attached hydrogen (secondary N) is 2. The molecule has 0 atom stereocenters. The van der Waals surface area contributed by atoms with Crippen LogP contribution in [0.15, 0.2) is 6.33 Å². The molecule has 0 aliphatic heterocycles. The minimum atomic E-state index is -0.0212. The van der Waals surface area contributed by atoms with E-state index in [1.165, 1.54) is 6.33 Å². The Morgan fingerprint density at radius 2 is 1.94 bits per heavy atom. The molecule has 0 aliphatic carbocycles. The first-order chi connectivity index (χ1) is 7.54. The van der Waals surface area contributed by atoms with Crippen molar-refractivity contribution in [3.63, 3.8) is 0 Å². The Morgan fingerprint density at radius 3 is 2.44 bits per heavy atom. The maximum atomic E-state index is 5.31. The molecule has 16 heavy (non-hydrogen) atoms. The van der Waals surface area contributed by atoms with Crippen molar-refractivity contribution in [3.05, 3.63) is 6.33 Å². The van der Waals surface area contributed by atoms with Crippen molar-refractivity contribution in [2.75, 3.05) is 24.8 Å². The number of anilines is 2. The number of methoxy groups -OCH3 is 1. The third-order valence-electron chi connectivity index (χ3n) is 2.59. The largest absolute Gasteiger partial charge is 0.490 e. The van der Waals surface area contributed by atoms with E-state index >= 15 is 0 Å². The lowest BCUT2D eigenvalue weighted by molar-refractivity contribution is 0.412. The van der Waals surface area contributed by atoms with Gasteiger partial charge in [0.2, 0.25) is 5.75 Å². The van der Waals surface area contributed by atoms with E-state index in [9.17, 15) is 0 Å². The summed E-state index contributed by atoms with van der Waals surface area (Å²) >= 11 is 0. The number of nitrogens with zero attached hydrogens (tertiary/aromatic N) is 2. The molecule has 1 aromatic rings. The SMILES string of the molecule is CCC(C)(C)Nc1ncnc(NC)c1OC. The number of hydrogen-bond acceptors (Lipinski definition) is 5. The summed E-state index contributed by atoms with van der Waals surface area (Å²) in [4.78, 5) is 8.30. The van der Waals surface area contributed by atoms with Crippen molar-refractivity contribution in [1.29, 1.82) is 0 Å². The van der Waals surface area contributed by atoms with Crippen molar-refractivity contribution in [3.8, 4) is 5.75 Å². The van der Waals surface area contributed by atoms with Gasteiger partial charge in [-0.2, -0.15) is 0 Å². The van der Waals surface area contributed by atoms with Crippen molar-refractivity contribution >= 4 is 11.6 Å². The molecule has 0 aliphatic rings. The van der Waals surface area contributed by atoms with Gasteiger partial charge in [0, 0.05) is 12.6 Å². The van der Waals surface area contributed by atoms with Crippen LogP contribution in [0.2, 0.25) is 0 Å². The lowest BCUT2D eigenvalue weighted by atomic mass is 10.0. The summed E-state index contributed by atoms with van der Waals surface area (Å²) < 4.78 is 5.31. The van der Waals surface area contributed by atoms with Gasteiger partial charge in [-0.15, -0.1) is 0 Å². The van der Waals surface area contributed by atoms with Gasteiger partial charge in [0.15, 0.2) is 11.6 Å². The van der Waals surface area contributed by atoms with E-state index in [2.05, 4.69) is 41.4 Å². The summed E-state index contributed by atoms with van der Waals surface area (Å²) in [6, 6.07) is 0. The minimum Gasteiger partial charge on any atom is -0.490 e. The predicted octanol–water partition coefficient (Wildman–Crippen LogP) is 2.13. The van der Waals surface area contributed by atoms with Crippen molar-refractivity contribution in [1.82, 2.24) is 9.97 Å². The molecule has 1 heterocycles. The first kappa shape index (κ1) is 12.5. The second kappa shape index (κ2) is 5.01. The molecule has 0 aromatic carbocycles. The van der Waals surface area contributed by atoms with Crippen LogP contribution in [0.25, 0.3) is 0 Å². The van der Waals surface area contributed by atoms with E-state index < -0.39 is 0 Å². The van der Waals surface area contributed by atoms with Crippen LogP contribution in [-0.4, -0.2) is 29.7 Å². The van der Waals surface area contributed by atoms with Gasteiger partial charge in [-0.3, -0.25) is 0 Å². The van der Waals surface area contributed by atoms with Gasteiger partial charge >= 0.3 is 0 Å². The topological polar surface area (TPSA) is 59.1 Å². The molecule has 0 saturated carbocycles. The van der Waals surface area contributed by atoms with Crippen molar-refractivity contribution in [2.24, 2.45) is 0 Å². The smallest absolute Gasteiger partial charge is 0.204 e. The van der Waals surface area contributed by atoms with Gasteiger partial charge in [-0.25, -0.2) is 9.97 Å². The molecule has 0 bridgehead atoms. The summed E-state index contributed by atoms with van der Waals surface area (Å²) in [6.07, 6.45) is 2.51. The molecule has 1 rings (SSSR count). The highest BCUT2D eigenvalue weighted by molar-refractivity contribution is 5.63. The molecule has 2 N–H and O–H groups in total. The van der Waals surface area contributed by atoms with Gasteiger partial charge in [0.1, 0.15) is 6.33 Å². The molecule has 0 amide bonds. The van der Waals surface area contributed by atoms with Crippen LogP contribution in [-0.2, 0) is 0 Å². The summed E-state index contributed by atoms with van der Waals surface area (Å²) in [7, 11) is 3.42. The molecule has 1 aromatic heterocycles. The molecule has 0 spiro atoms. The molecule has 5 nitrogen and oxygen atoms in total. The van der Waals surface area contributed by atoms with Gasteiger partial charge in [0.25, 0.3) is 0 Å². The van der Waals surface area contributed by atoms with Gasteiger partial charge < -0.3 is 15.4 Å². The van der Waals surface area contributed by atoms with E-state index in [4.69, 9.17) is 4.74 Å². The fourth-order valence-electron chi connectivity index (χ4n) is 1.24. The summed E-state index contributed by atoms with van der Waals surface area (Å²) in [5.74, 6) is 2.05. The number of aromatic nitrogens is 2. The van der Waals surface area contributed by atoms with Crippen LogP contribution in [0.1, 0.15) is 27.2 Å². The average Bonchev–Trinajstić information content (AvgIpc) is 2.28. The lowest BCUT2D eigenvalue weighted by Gasteiger charge is -2.26. The van der Waals surface area contributed by atoms with Crippen LogP contribution in [0.3, 0.4) is 0 Å². The highest BCUT2D eigenvalue weighted by Crippen LogP contribution is 2.30. The monoisotopic (exact) mass is 224 g/mol. The average molecular weight is 224 g/mol.